The van der Waals surface area contributed by atoms with Gasteiger partial charge >= 0.3 is 0 Å². The van der Waals surface area contributed by atoms with Gasteiger partial charge in [-0.2, -0.15) is 0 Å². The predicted molar refractivity (Wildman–Crippen MR) is 77.3 cm³/mol. The van der Waals surface area contributed by atoms with E-state index in [4.69, 9.17) is 5.73 Å². The second-order valence-electron chi connectivity index (χ2n) is 4.59. The zero-order chi connectivity index (χ0) is 14.4. The fourth-order valence-electron chi connectivity index (χ4n) is 2.03. The Kier molecular flexibility index (Phi) is 5.54. The van der Waals surface area contributed by atoms with Crippen LogP contribution in [0.25, 0.3) is 0 Å². The van der Waals surface area contributed by atoms with Crippen molar-refractivity contribution in [2.24, 2.45) is 5.92 Å². The molecule has 2 N–H and O–H groups in total. The minimum atomic E-state index is -0.438. The minimum Gasteiger partial charge on any atom is -0.383 e. The maximum Gasteiger partial charge on any atom is 0.276 e. The van der Waals surface area contributed by atoms with Crippen molar-refractivity contribution in [2.45, 2.75) is 33.6 Å². The van der Waals surface area contributed by atoms with Crippen LogP contribution in [0, 0.1) is 16.0 Å². The normalized spacial score (nSPS) is 10.7. The minimum absolute atomic E-state index is 0.00880. The molecule has 0 fully saturated rings. The Balaban J connectivity index is 3.00. The summed E-state index contributed by atoms with van der Waals surface area (Å²) in [5.41, 5.74) is 5.63. The van der Waals surface area contributed by atoms with Crippen LogP contribution >= 0.6 is 0 Å². The number of anilines is 2. The topological polar surface area (TPSA) is 85.3 Å². The van der Waals surface area contributed by atoms with Crippen LogP contribution in [-0.4, -0.2) is 23.0 Å². The van der Waals surface area contributed by atoms with Gasteiger partial charge in [0.1, 0.15) is 11.6 Å². The van der Waals surface area contributed by atoms with Gasteiger partial charge in [0.05, 0.1) is 17.1 Å². The van der Waals surface area contributed by atoms with Crippen LogP contribution in [0.1, 0.15) is 33.6 Å². The molecule has 0 aliphatic rings. The molecule has 0 spiro atoms. The number of aromatic nitrogens is 1. The maximum atomic E-state index is 10.9. The average Bonchev–Trinajstić information content (AvgIpc) is 2.39. The third-order valence-electron chi connectivity index (χ3n) is 3.37. The molecule has 1 rings (SSSR count). The lowest BCUT2D eigenvalue weighted by molar-refractivity contribution is -0.384. The molecule has 1 aromatic heterocycles. The lowest BCUT2D eigenvalue weighted by Gasteiger charge is -2.26. The molecule has 0 saturated heterocycles. The summed E-state index contributed by atoms with van der Waals surface area (Å²) in [5, 5.41) is 10.9. The Labute approximate surface area is 113 Å². The lowest BCUT2D eigenvalue weighted by Crippen LogP contribution is -2.30. The molecule has 0 radical (unpaired) electrons. The van der Waals surface area contributed by atoms with Crippen LogP contribution in [-0.2, 0) is 0 Å². The largest absolute Gasteiger partial charge is 0.383 e. The second-order valence-corrected chi connectivity index (χ2v) is 4.59. The monoisotopic (exact) mass is 266 g/mol. The van der Waals surface area contributed by atoms with Crippen molar-refractivity contribution in [3.63, 3.8) is 0 Å². The van der Waals surface area contributed by atoms with Gasteiger partial charge in [0, 0.05) is 13.1 Å². The smallest absolute Gasteiger partial charge is 0.276 e. The highest BCUT2D eigenvalue weighted by Crippen LogP contribution is 2.23. The number of nitro groups is 1. The zero-order valence-corrected chi connectivity index (χ0v) is 11.8. The van der Waals surface area contributed by atoms with E-state index in [9.17, 15) is 10.1 Å². The number of pyridine rings is 1. The first-order valence-electron chi connectivity index (χ1n) is 6.68. The van der Waals surface area contributed by atoms with E-state index in [0.29, 0.717) is 11.7 Å². The molecule has 0 atom stereocenters. The van der Waals surface area contributed by atoms with E-state index in [0.717, 1.165) is 25.9 Å². The predicted octanol–water partition coefficient (Wildman–Crippen LogP) is 2.83. The molecule has 6 heteroatoms. The van der Waals surface area contributed by atoms with Gasteiger partial charge in [-0.25, -0.2) is 4.98 Å². The van der Waals surface area contributed by atoms with Crippen molar-refractivity contribution < 1.29 is 4.92 Å². The van der Waals surface area contributed by atoms with Gasteiger partial charge in [-0.1, -0.05) is 26.7 Å². The SMILES string of the molecule is CCC(CC)CN(CC)c1cc([N+](=O)[O-])cc(N)n1. The second kappa shape index (κ2) is 6.92. The third kappa shape index (κ3) is 4.08. The number of hydrogen-bond donors (Lipinski definition) is 1. The van der Waals surface area contributed by atoms with Crippen molar-refractivity contribution >= 4 is 17.3 Å². The molecular weight excluding hydrogens is 244 g/mol. The van der Waals surface area contributed by atoms with Crippen LogP contribution in [0.3, 0.4) is 0 Å². The molecule has 0 unspecified atom stereocenters. The highest BCUT2D eigenvalue weighted by molar-refractivity contribution is 5.54. The number of hydrogen-bond acceptors (Lipinski definition) is 5. The standard InChI is InChI=1S/C13H22N4O2/c1-4-10(5-2)9-16(6-3)13-8-11(17(18)19)7-12(14)15-13/h7-8,10H,4-6,9H2,1-3H3,(H2,14,15). The highest BCUT2D eigenvalue weighted by Gasteiger charge is 2.16. The van der Waals surface area contributed by atoms with Crippen molar-refractivity contribution in [2.75, 3.05) is 23.7 Å². The molecule has 0 aromatic carbocycles. The van der Waals surface area contributed by atoms with Crippen LogP contribution in [0.2, 0.25) is 0 Å². The highest BCUT2D eigenvalue weighted by atomic mass is 16.6. The first-order chi connectivity index (χ1) is 9.01. The van der Waals surface area contributed by atoms with Gasteiger partial charge in [0.25, 0.3) is 5.69 Å². The number of rotatable bonds is 7. The molecule has 19 heavy (non-hydrogen) atoms. The molecule has 0 amide bonds. The van der Waals surface area contributed by atoms with Crippen molar-refractivity contribution in [1.29, 1.82) is 0 Å². The van der Waals surface area contributed by atoms with Crippen molar-refractivity contribution in [1.82, 2.24) is 4.98 Å². The van der Waals surface area contributed by atoms with Crippen LogP contribution in [0.4, 0.5) is 17.3 Å². The molecule has 6 nitrogen and oxygen atoms in total. The molecule has 0 aliphatic heterocycles. The van der Waals surface area contributed by atoms with E-state index in [1.54, 1.807) is 0 Å². The summed E-state index contributed by atoms with van der Waals surface area (Å²) in [7, 11) is 0. The Morgan fingerprint density at radius 1 is 1.37 bits per heavy atom. The fraction of sp³-hybridized carbons (Fsp3) is 0.615. The molecular formula is C13H22N4O2. The summed E-state index contributed by atoms with van der Waals surface area (Å²) in [5.74, 6) is 1.33. The van der Waals surface area contributed by atoms with E-state index in [-0.39, 0.29) is 11.5 Å². The molecule has 1 aromatic rings. The number of nitrogen functional groups attached to an aromatic ring is 1. The Morgan fingerprint density at radius 3 is 2.47 bits per heavy atom. The van der Waals surface area contributed by atoms with E-state index in [1.165, 1.54) is 12.1 Å². The van der Waals surface area contributed by atoms with Crippen LogP contribution < -0.4 is 10.6 Å². The summed E-state index contributed by atoms with van der Waals surface area (Å²) < 4.78 is 0. The summed E-state index contributed by atoms with van der Waals surface area (Å²) >= 11 is 0. The quantitative estimate of drug-likeness (QED) is 0.606. The molecule has 0 saturated carbocycles. The van der Waals surface area contributed by atoms with Crippen LogP contribution in [0.5, 0.6) is 0 Å². The molecule has 0 bridgehead atoms. The Hall–Kier alpha value is -1.85. The van der Waals surface area contributed by atoms with E-state index in [2.05, 4.69) is 18.8 Å². The van der Waals surface area contributed by atoms with E-state index < -0.39 is 4.92 Å². The first kappa shape index (κ1) is 15.2. The van der Waals surface area contributed by atoms with Gasteiger partial charge in [-0.3, -0.25) is 10.1 Å². The summed E-state index contributed by atoms with van der Waals surface area (Å²) in [6.45, 7) is 7.91. The number of nitrogens with two attached hydrogens (primary N) is 1. The van der Waals surface area contributed by atoms with E-state index in [1.807, 2.05) is 11.8 Å². The van der Waals surface area contributed by atoms with Gasteiger partial charge in [0.2, 0.25) is 0 Å². The van der Waals surface area contributed by atoms with Gasteiger partial charge < -0.3 is 10.6 Å². The van der Waals surface area contributed by atoms with Crippen molar-refractivity contribution in [3.05, 3.63) is 22.2 Å². The Morgan fingerprint density at radius 2 is 2.00 bits per heavy atom. The molecule has 106 valence electrons. The maximum absolute atomic E-state index is 10.9. The summed E-state index contributed by atoms with van der Waals surface area (Å²) in [6.07, 6.45) is 2.16. The molecule has 0 aliphatic carbocycles. The van der Waals surface area contributed by atoms with E-state index >= 15 is 0 Å². The Bertz CT molecular complexity index is 433. The fourth-order valence-corrected chi connectivity index (χ4v) is 2.03. The average molecular weight is 266 g/mol. The van der Waals surface area contributed by atoms with Gasteiger partial charge in [0.15, 0.2) is 0 Å². The number of nitrogens with zero attached hydrogens (tertiary/aromatic N) is 3. The summed E-state index contributed by atoms with van der Waals surface area (Å²) in [4.78, 5) is 16.7. The zero-order valence-electron chi connectivity index (χ0n) is 11.8. The lowest BCUT2D eigenvalue weighted by atomic mass is 10.0. The molecule has 1 heterocycles. The van der Waals surface area contributed by atoms with Crippen molar-refractivity contribution in [3.8, 4) is 0 Å². The van der Waals surface area contributed by atoms with Gasteiger partial charge in [-0.05, 0) is 12.8 Å². The van der Waals surface area contributed by atoms with Gasteiger partial charge in [-0.15, -0.1) is 0 Å². The van der Waals surface area contributed by atoms with Crippen LogP contribution in [0.15, 0.2) is 12.1 Å². The first-order valence-corrected chi connectivity index (χ1v) is 6.68. The summed E-state index contributed by atoms with van der Waals surface area (Å²) in [6, 6.07) is 2.77. The third-order valence-corrected chi connectivity index (χ3v) is 3.37.